The van der Waals surface area contributed by atoms with Crippen molar-refractivity contribution >= 4 is 0 Å². The van der Waals surface area contributed by atoms with Crippen molar-refractivity contribution in [1.82, 2.24) is 5.32 Å². The molecule has 1 rings (SSSR count). The van der Waals surface area contributed by atoms with E-state index in [1.807, 2.05) is 13.0 Å². The van der Waals surface area contributed by atoms with Crippen LogP contribution in [0.25, 0.3) is 0 Å². The Morgan fingerprint density at radius 2 is 2.19 bits per heavy atom. The predicted octanol–water partition coefficient (Wildman–Crippen LogP) is 3.49. The van der Waals surface area contributed by atoms with Gasteiger partial charge in [0.15, 0.2) is 0 Å². The normalized spacial score (nSPS) is 14.0. The summed E-state index contributed by atoms with van der Waals surface area (Å²) in [5.74, 6) is 0.794. The van der Waals surface area contributed by atoms with Crippen molar-refractivity contribution in [3.05, 3.63) is 24.2 Å². The third-order valence-electron chi connectivity index (χ3n) is 2.30. The molecule has 0 saturated carbocycles. The number of halogens is 3. The fourth-order valence-corrected chi connectivity index (χ4v) is 1.40. The van der Waals surface area contributed by atoms with E-state index in [2.05, 4.69) is 5.32 Å². The molecule has 1 heterocycles. The van der Waals surface area contributed by atoms with Gasteiger partial charge in [-0.2, -0.15) is 13.2 Å². The second-order valence-corrected chi connectivity index (χ2v) is 3.87. The molecule has 5 heteroatoms. The van der Waals surface area contributed by atoms with E-state index in [0.29, 0.717) is 13.0 Å². The number of alkyl halides is 3. The Morgan fingerprint density at radius 3 is 2.75 bits per heavy atom. The van der Waals surface area contributed by atoms with Gasteiger partial charge in [0.25, 0.3) is 0 Å². The number of rotatable bonds is 6. The van der Waals surface area contributed by atoms with Crippen LogP contribution in [0.3, 0.4) is 0 Å². The summed E-state index contributed by atoms with van der Waals surface area (Å²) in [6.07, 6.45) is -2.50. The second-order valence-electron chi connectivity index (χ2n) is 3.87. The molecule has 0 aliphatic rings. The Kier molecular flexibility index (Phi) is 4.86. The first-order valence-corrected chi connectivity index (χ1v) is 5.30. The lowest BCUT2D eigenvalue weighted by Gasteiger charge is -2.13. The first-order valence-electron chi connectivity index (χ1n) is 5.30. The molecular weight excluding hydrogens is 219 g/mol. The fourth-order valence-electron chi connectivity index (χ4n) is 1.40. The van der Waals surface area contributed by atoms with Crippen LogP contribution in [-0.2, 0) is 6.54 Å². The van der Waals surface area contributed by atoms with Crippen molar-refractivity contribution in [3.63, 3.8) is 0 Å². The SMILES string of the molecule is CC(CCCC(F)(F)F)NCc1ccco1. The van der Waals surface area contributed by atoms with Gasteiger partial charge in [-0.05, 0) is 31.9 Å². The molecule has 0 spiro atoms. The molecule has 0 aliphatic carbocycles. The van der Waals surface area contributed by atoms with E-state index in [1.54, 1.807) is 12.3 Å². The average molecular weight is 235 g/mol. The van der Waals surface area contributed by atoms with Crippen molar-refractivity contribution in [1.29, 1.82) is 0 Å². The monoisotopic (exact) mass is 235 g/mol. The molecule has 0 aliphatic heterocycles. The summed E-state index contributed by atoms with van der Waals surface area (Å²) in [4.78, 5) is 0. The molecule has 1 aromatic rings. The zero-order valence-corrected chi connectivity index (χ0v) is 9.18. The van der Waals surface area contributed by atoms with Crippen molar-refractivity contribution < 1.29 is 17.6 Å². The number of furan rings is 1. The lowest BCUT2D eigenvalue weighted by molar-refractivity contribution is -0.135. The largest absolute Gasteiger partial charge is 0.468 e. The number of hydrogen-bond donors (Lipinski definition) is 1. The molecule has 1 aromatic heterocycles. The number of nitrogens with one attached hydrogen (secondary N) is 1. The van der Waals surface area contributed by atoms with Gasteiger partial charge >= 0.3 is 6.18 Å². The number of hydrogen-bond acceptors (Lipinski definition) is 2. The van der Waals surface area contributed by atoms with Crippen LogP contribution in [0.15, 0.2) is 22.8 Å². The van der Waals surface area contributed by atoms with Gasteiger partial charge in [-0.3, -0.25) is 0 Å². The highest BCUT2D eigenvalue weighted by Gasteiger charge is 2.26. The molecule has 0 radical (unpaired) electrons. The van der Waals surface area contributed by atoms with Crippen LogP contribution in [0, 0.1) is 0 Å². The van der Waals surface area contributed by atoms with Gasteiger partial charge < -0.3 is 9.73 Å². The highest BCUT2D eigenvalue weighted by atomic mass is 19.4. The summed E-state index contributed by atoms with van der Waals surface area (Å²) < 4.78 is 40.7. The molecule has 1 unspecified atom stereocenters. The van der Waals surface area contributed by atoms with Gasteiger partial charge in [0.05, 0.1) is 12.8 Å². The molecule has 1 atom stereocenters. The maximum atomic E-state index is 11.9. The van der Waals surface area contributed by atoms with E-state index < -0.39 is 12.6 Å². The van der Waals surface area contributed by atoms with Crippen LogP contribution >= 0.6 is 0 Å². The Labute approximate surface area is 92.8 Å². The van der Waals surface area contributed by atoms with Gasteiger partial charge in [-0.25, -0.2) is 0 Å². The Hall–Kier alpha value is -0.970. The van der Waals surface area contributed by atoms with Gasteiger partial charge in [0, 0.05) is 12.5 Å². The van der Waals surface area contributed by atoms with E-state index >= 15 is 0 Å². The van der Waals surface area contributed by atoms with Crippen molar-refractivity contribution in [2.75, 3.05) is 0 Å². The standard InChI is InChI=1S/C11H16F3NO/c1-9(4-2-6-11(12,13)14)15-8-10-5-3-7-16-10/h3,5,7,9,15H,2,4,6,8H2,1H3. The third kappa shape index (κ3) is 5.80. The fraction of sp³-hybridized carbons (Fsp3) is 0.636. The summed E-state index contributed by atoms with van der Waals surface area (Å²) in [5.41, 5.74) is 0. The summed E-state index contributed by atoms with van der Waals surface area (Å²) in [6, 6.07) is 3.67. The molecular formula is C11H16F3NO. The zero-order valence-electron chi connectivity index (χ0n) is 9.18. The van der Waals surface area contributed by atoms with Crippen molar-refractivity contribution in [3.8, 4) is 0 Å². The van der Waals surface area contributed by atoms with E-state index in [-0.39, 0.29) is 12.5 Å². The summed E-state index contributed by atoms with van der Waals surface area (Å²) in [6.45, 7) is 2.43. The Bertz CT molecular complexity index is 282. The van der Waals surface area contributed by atoms with Crippen molar-refractivity contribution in [2.45, 2.75) is 44.9 Å². The van der Waals surface area contributed by atoms with Crippen LogP contribution in [0.2, 0.25) is 0 Å². The highest BCUT2D eigenvalue weighted by molar-refractivity contribution is 4.97. The van der Waals surface area contributed by atoms with Gasteiger partial charge in [-0.15, -0.1) is 0 Å². The van der Waals surface area contributed by atoms with Crippen LogP contribution < -0.4 is 5.32 Å². The minimum Gasteiger partial charge on any atom is -0.468 e. The Balaban J connectivity index is 2.09. The minimum atomic E-state index is -4.04. The average Bonchev–Trinajstić information content (AvgIpc) is 2.65. The molecule has 92 valence electrons. The molecule has 2 nitrogen and oxygen atoms in total. The first kappa shape index (κ1) is 13.1. The van der Waals surface area contributed by atoms with Crippen LogP contribution in [0.5, 0.6) is 0 Å². The lowest BCUT2D eigenvalue weighted by atomic mass is 10.1. The second kappa shape index (κ2) is 5.94. The topological polar surface area (TPSA) is 25.2 Å². The first-order chi connectivity index (χ1) is 7.47. The lowest BCUT2D eigenvalue weighted by Crippen LogP contribution is -2.25. The predicted molar refractivity (Wildman–Crippen MR) is 54.9 cm³/mol. The summed E-state index contributed by atoms with van der Waals surface area (Å²) in [7, 11) is 0. The van der Waals surface area contributed by atoms with E-state index in [4.69, 9.17) is 4.42 Å². The van der Waals surface area contributed by atoms with E-state index in [9.17, 15) is 13.2 Å². The van der Waals surface area contributed by atoms with E-state index in [0.717, 1.165) is 5.76 Å². The van der Waals surface area contributed by atoms with Crippen LogP contribution in [0.4, 0.5) is 13.2 Å². The summed E-state index contributed by atoms with van der Waals surface area (Å²) in [5, 5.41) is 3.11. The molecule has 0 saturated heterocycles. The molecule has 0 amide bonds. The van der Waals surface area contributed by atoms with Crippen LogP contribution in [0.1, 0.15) is 31.9 Å². The summed E-state index contributed by atoms with van der Waals surface area (Å²) >= 11 is 0. The minimum absolute atomic E-state index is 0.0625. The van der Waals surface area contributed by atoms with Crippen LogP contribution in [-0.4, -0.2) is 12.2 Å². The smallest absolute Gasteiger partial charge is 0.389 e. The van der Waals surface area contributed by atoms with E-state index in [1.165, 1.54) is 0 Å². The van der Waals surface area contributed by atoms with Gasteiger partial charge in [-0.1, -0.05) is 0 Å². The highest BCUT2D eigenvalue weighted by Crippen LogP contribution is 2.22. The molecule has 0 fully saturated rings. The van der Waals surface area contributed by atoms with Crippen molar-refractivity contribution in [2.24, 2.45) is 0 Å². The molecule has 1 N–H and O–H groups in total. The zero-order chi connectivity index (χ0) is 12.0. The Morgan fingerprint density at radius 1 is 1.44 bits per heavy atom. The maximum Gasteiger partial charge on any atom is 0.389 e. The quantitative estimate of drug-likeness (QED) is 0.816. The molecule has 0 bridgehead atoms. The van der Waals surface area contributed by atoms with Gasteiger partial charge in [0.2, 0.25) is 0 Å². The third-order valence-corrected chi connectivity index (χ3v) is 2.30. The molecule has 0 aromatic carbocycles. The maximum absolute atomic E-state index is 11.9. The van der Waals surface area contributed by atoms with Gasteiger partial charge in [0.1, 0.15) is 5.76 Å². The molecule has 16 heavy (non-hydrogen) atoms.